The van der Waals surface area contributed by atoms with Crippen molar-refractivity contribution in [3.8, 4) is 5.75 Å². The van der Waals surface area contributed by atoms with E-state index in [1.807, 2.05) is 32.9 Å². The molecule has 2 amide bonds. The maximum atomic E-state index is 12.2. The number of amides is 2. The number of aliphatic hydroxyl groups is 1. The Morgan fingerprint density at radius 2 is 1.67 bits per heavy atom. The highest BCUT2D eigenvalue weighted by Gasteiger charge is 2.34. The minimum absolute atomic E-state index is 0.0412. The predicted molar refractivity (Wildman–Crippen MR) is 190 cm³/mol. The number of aromatic nitrogens is 2. The van der Waals surface area contributed by atoms with E-state index in [0.717, 1.165) is 16.7 Å². The monoisotopic (exact) mass is 730 g/mol. The van der Waals surface area contributed by atoms with Gasteiger partial charge >= 0.3 is 18.2 Å². The SMILES string of the molecule is CC(C)(C)OC(=O)Nc1nc(/C(=N/O[C@@H](COc2ccc3nc(NC4CN(C(=O)OC(C)(C)C)C4)ccc3c2)C(O)OC(C)(C)C)C(=O)O)cs1. The Morgan fingerprint density at radius 1 is 0.980 bits per heavy atom. The van der Waals surface area contributed by atoms with Crippen molar-refractivity contribution in [2.24, 2.45) is 5.16 Å². The summed E-state index contributed by atoms with van der Waals surface area (Å²) in [6.07, 6.45) is -3.92. The van der Waals surface area contributed by atoms with E-state index >= 15 is 0 Å². The summed E-state index contributed by atoms with van der Waals surface area (Å²) in [5, 5.41) is 32.5. The quantitative estimate of drug-likeness (QED) is 0.104. The number of ether oxygens (including phenoxy) is 4. The summed E-state index contributed by atoms with van der Waals surface area (Å²) in [7, 11) is 0. The molecule has 1 unspecified atom stereocenters. The molecule has 0 aliphatic carbocycles. The lowest BCUT2D eigenvalue weighted by atomic mass is 10.1. The lowest BCUT2D eigenvalue weighted by Gasteiger charge is -2.40. The molecule has 1 aromatic carbocycles. The molecule has 0 bridgehead atoms. The van der Waals surface area contributed by atoms with Gasteiger partial charge < -0.3 is 44.2 Å². The summed E-state index contributed by atoms with van der Waals surface area (Å²) >= 11 is 0.967. The Labute approximate surface area is 300 Å². The molecule has 1 fully saturated rings. The van der Waals surface area contributed by atoms with Crippen LogP contribution in [0.1, 0.15) is 68.0 Å². The van der Waals surface area contributed by atoms with Crippen LogP contribution in [0.4, 0.5) is 20.5 Å². The Balaban J connectivity index is 1.41. The Kier molecular flexibility index (Phi) is 12.0. The van der Waals surface area contributed by atoms with E-state index in [4.69, 9.17) is 23.8 Å². The fraction of sp³-hybridized carbons (Fsp3) is 0.529. The Bertz CT molecular complexity index is 1740. The molecule has 17 heteroatoms. The van der Waals surface area contributed by atoms with Crippen molar-refractivity contribution in [1.82, 2.24) is 14.9 Å². The topological polar surface area (TPSA) is 203 Å². The van der Waals surface area contributed by atoms with E-state index in [-0.39, 0.29) is 29.6 Å². The molecule has 2 aromatic heterocycles. The molecule has 1 saturated heterocycles. The van der Waals surface area contributed by atoms with Crippen LogP contribution < -0.4 is 15.4 Å². The zero-order valence-electron chi connectivity index (χ0n) is 30.2. The zero-order valence-corrected chi connectivity index (χ0v) is 31.0. The maximum Gasteiger partial charge on any atom is 0.413 e. The standard InChI is InChI=1S/C34H46N6O10S/c1-32(2,3)47-28(43)24(50-39-26(27(41)42)23-18-51-29(37-23)38-30(44)48-33(4,5)6)17-46-21-11-12-22-19(14-21)10-13-25(36-22)35-20-15-40(16-20)31(45)49-34(7,8)9/h10-14,18,20,24,28,43H,15-17H2,1-9H3,(H,35,36)(H,41,42)(H,37,38,44)/b39-26-/t24-,28?/m0/s1. The molecule has 2 atom stereocenters. The van der Waals surface area contributed by atoms with Gasteiger partial charge in [0.2, 0.25) is 11.8 Å². The van der Waals surface area contributed by atoms with Crippen LogP contribution in [0.15, 0.2) is 40.9 Å². The van der Waals surface area contributed by atoms with E-state index in [0.29, 0.717) is 30.2 Å². The number of hydrogen-bond donors (Lipinski definition) is 4. The number of carbonyl (C=O) groups is 3. The number of likely N-dealkylation sites (tertiary alicyclic amines) is 1. The highest BCUT2D eigenvalue weighted by atomic mass is 32.1. The highest BCUT2D eigenvalue weighted by Crippen LogP contribution is 2.25. The largest absolute Gasteiger partial charge is 0.489 e. The molecule has 0 spiro atoms. The third kappa shape index (κ3) is 12.2. The molecule has 0 radical (unpaired) electrons. The minimum atomic E-state index is -1.56. The number of nitrogens with zero attached hydrogens (tertiary/aromatic N) is 4. The highest BCUT2D eigenvalue weighted by molar-refractivity contribution is 7.14. The number of carboxylic acids is 1. The van der Waals surface area contributed by atoms with Crippen molar-refractivity contribution >= 4 is 57.1 Å². The first-order chi connectivity index (χ1) is 23.6. The summed E-state index contributed by atoms with van der Waals surface area (Å²) in [5.74, 6) is -0.377. The van der Waals surface area contributed by atoms with Gasteiger partial charge in [0.05, 0.1) is 17.2 Å². The number of nitrogens with one attached hydrogen (secondary N) is 2. The third-order valence-electron chi connectivity index (χ3n) is 6.59. The van der Waals surface area contributed by atoms with Crippen molar-refractivity contribution in [3.63, 3.8) is 0 Å². The fourth-order valence-electron chi connectivity index (χ4n) is 4.46. The van der Waals surface area contributed by atoms with Gasteiger partial charge in [0, 0.05) is 23.9 Å². The van der Waals surface area contributed by atoms with Crippen LogP contribution >= 0.6 is 11.3 Å². The van der Waals surface area contributed by atoms with E-state index in [9.17, 15) is 24.6 Å². The number of carboxylic acid groups (broad SMARTS) is 1. The molecule has 278 valence electrons. The van der Waals surface area contributed by atoms with E-state index in [1.165, 1.54) is 5.38 Å². The molecule has 3 heterocycles. The summed E-state index contributed by atoms with van der Waals surface area (Å²) < 4.78 is 22.2. The van der Waals surface area contributed by atoms with Crippen LogP contribution in [0.2, 0.25) is 0 Å². The molecular weight excluding hydrogens is 684 g/mol. The number of thiazole rings is 1. The van der Waals surface area contributed by atoms with Crippen LogP contribution in [0.5, 0.6) is 5.75 Å². The van der Waals surface area contributed by atoms with Gasteiger partial charge in [-0.1, -0.05) is 5.16 Å². The lowest BCUT2D eigenvalue weighted by Crippen LogP contribution is -2.58. The van der Waals surface area contributed by atoms with Gasteiger partial charge in [0.1, 0.15) is 35.1 Å². The third-order valence-corrected chi connectivity index (χ3v) is 7.35. The molecule has 1 aliphatic rings. The number of aliphatic carboxylic acids is 1. The first-order valence-corrected chi connectivity index (χ1v) is 17.1. The van der Waals surface area contributed by atoms with Gasteiger partial charge in [-0.25, -0.2) is 24.4 Å². The fourth-order valence-corrected chi connectivity index (χ4v) is 5.14. The Morgan fingerprint density at radius 3 is 2.29 bits per heavy atom. The second-order valence-electron chi connectivity index (χ2n) is 14.8. The molecule has 1 aliphatic heterocycles. The van der Waals surface area contributed by atoms with E-state index in [2.05, 4.69) is 25.8 Å². The number of rotatable bonds is 12. The molecular formula is C34H46N6O10S. The molecule has 0 saturated carbocycles. The van der Waals surface area contributed by atoms with Crippen molar-refractivity contribution in [2.45, 2.75) is 97.6 Å². The number of fused-ring (bicyclic) bond motifs is 1. The summed E-state index contributed by atoms with van der Waals surface area (Å²) in [6, 6.07) is 8.96. The summed E-state index contributed by atoms with van der Waals surface area (Å²) in [6.45, 7) is 16.5. The molecule has 16 nitrogen and oxygen atoms in total. The van der Waals surface area contributed by atoms with Crippen LogP contribution in [0, 0.1) is 0 Å². The normalized spacial score (nSPS) is 15.4. The van der Waals surface area contributed by atoms with Gasteiger partial charge in [-0.2, -0.15) is 0 Å². The molecule has 51 heavy (non-hydrogen) atoms. The van der Waals surface area contributed by atoms with Crippen molar-refractivity contribution in [1.29, 1.82) is 0 Å². The zero-order chi connectivity index (χ0) is 37.7. The van der Waals surface area contributed by atoms with Crippen LogP contribution in [-0.4, -0.2) is 104 Å². The van der Waals surface area contributed by atoms with Gasteiger partial charge in [0.25, 0.3) is 0 Å². The number of carbonyl (C=O) groups excluding carboxylic acids is 2. The maximum absolute atomic E-state index is 12.2. The first kappa shape index (κ1) is 39.1. The molecule has 3 aromatic rings. The average Bonchev–Trinajstić information content (AvgIpc) is 3.40. The first-order valence-electron chi connectivity index (χ1n) is 16.2. The number of aliphatic hydroxyl groups excluding tert-OH is 1. The number of benzene rings is 1. The van der Waals surface area contributed by atoms with Crippen LogP contribution in [0.3, 0.4) is 0 Å². The number of oxime groups is 1. The smallest absolute Gasteiger partial charge is 0.413 e. The van der Waals surface area contributed by atoms with Crippen LogP contribution in [0.25, 0.3) is 10.9 Å². The summed E-state index contributed by atoms with van der Waals surface area (Å²) in [4.78, 5) is 52.4. The summed E-state index contributed by atoms with van der Waals surface area (Å²) in [5.41, 5.74) is -2.05. The van der Waals surface area contributed by atoms with E-state index in [1.54, 1.807) is 64.6 Å². The number of hydrogen-bond acceptors (Lipinski definition) is 14. The van der Waals surface area contributed by atoms with Crippen LogP contribution in [-0.2, 0) is 23.8 Å². The minimum Gasteiger partial charge on any atom is -0.489 e. The number of anilines is 2. The van der Waals surface area contributed by atoms with Crippen molar-refractivity contribution in [3.05, 3.63) is 41.4 Å². The van der Waals surface area contributed by atoms with E-state index < -0.39 is 47.0 Å². The van der Waals surface area contributed by atoms with Gasteiger partial charge in [-0.15, -0.1) is 11.3 Å². The van der Waals surface area contributed by atoms with Gasteiger partial charge in [-0.3, -0.25) is 5.32 Å². The molecule has 4 rings (SSSR count). The second kappa shape index (κ2) is 15.7. The van der Waals surface area contributed by atoms with Gasteiger partial charge in [-0.05, 0) is 92.6 Å². The Hall–Kier alpha value is -4.74. The lowest BCUT2D eigenvalue weighted by molar-refractivity contribution is -0.226. The predicted octanol–water partition coefficient (Wildman–Crippen LogP) is 5.46. The van der Waals surface area contributed by atoms with Gasteiger partial charge in [0.15, 0.2) is 11.4 Å². The van der Waals surface area contributed by atoms with Crippen molar-refractivity contribution in [2.75, 3.05) is 30.3 Å². The molecule has 4 N–H and O–H groups in total. The van der Waals surface area contributed by atoms with Crippen molar-refractivity contribution < 1.29 is 48.4 Å². The second-order valence-corrected chi connectivity index (χ2v) is 15.6. The number of pyridine rings is 1. The average molecular weight is 731 g/mol.